The zero-order valence-electron chi connectivity index (χ0n) is 16.8. The number of para-hydroxylation sites is 1. The van der Waals surface area contributed by atoms with E-state index in [0.717, 1.165) is 10.9 Å². The number of carbonyl (C=O) groups is 1. The van der Waals surface area contributed by atoms with Crippen LogP contribution in [0.15, 0.2) is 76.3 Å². The van der Waals surface area contributed by atoms with Gasteiger partial charge in [0.25, 0.3) is 5.91 Å². The molecule has 0 aliphatic carbocycles. The van der Waals surface area contributed by atoms with Gasteiger partial charge in [0.1, 0.15) is 30.2 Å². The average molecular weight is 413 g/mol. The number of ether oxygens (including phenoxy) is 2. The van der Waals surface area contributed by atoms with Crippen LogP contribution < -0.4 is 20.3 Å². The normalized spacial score (nSPS) is 13.3. The third-order valence-electron chi connectivity index (χ3n) is 4.81. The summed E-state index contributed by atoms with van der Waals surface area (Å²) in [6.07, 6.45) is 1.70. The smallest absolute Gasteiger partial charge is 0.262 e. The molecular formula is C24H19N3O4. The second-order valence-electron chi connectivity index (χ2n) is 7.12. The van der Waals surface area contributed by atoms with Crippen molar-refractivity contribution in [3.8, 4) is 11.5 Å². The van der Waals surface area contributed by atoms with Crippen LogP contribution >= 0.6 is 0 Å². The fourth-order valence-electron chi connectivity index (χ4n) is 3.26. The number of nitrogens with zero attached hydrogens (tertiary/aromatic N) is 2. The van der Waals surface area contributed by atoms with Crippen molar-refractivity contribution in [3.05, 3.63) is 83.5 Å². The number of benzene rings is 2. The number of rotatable bonds is 3. The number of aryl methyl sites for hydroxylation is 1. The summed E-state index contributed by atoms with van der Waals surface area (Å²) < 4.78 is 17.2. The molecule has 3 heterocycles. The Kier molecular flexibility index (Phi) is 4.84. The Labute approximate surface area is 178 Å². The Morgan fingerprint density at radius 3 is 2.68 bits per heavy atom. The Hall–Kier alpha value is -4.13. The van der Waals surface area contributed by atoms with Gasteiger partial charge in [-0.2, -0.15) is 0 Å². The first-order valence-corrected chi connectivity index (χ1v) is 9.87. The molecule has 0 saturated heterocycles. The van der Waals surface area contributed by atoms with Crippen LogP contribution in [0.5, 0.6) is 11.5 Å². The third-order valence-corrected chi connectivity index (χ3v) is 4.81. The highest BCUT2D eigenvalue weighted by atomic mass is 16.6. The van der Waals surface area contributed by atoms with Gasteiger partial charge in [-0.25, -0.2) is 9.98 Å². The van der Waals surface area contributed by atoms with E-state index in [2.05, 4.69) is 15.3 Å². The summed E-state index contributed by atoms with van der Waals surface area (Å²) in [5.74, 6) is 1.38. The van der Waals surface area contributed by atoms with Crippen molar-refractivity contribution in [1.29, 1.82) is 0 Å². The summed E-state index contributed by atoms with van der Waals surface area (Å²) in [5.41, 5.74) is 2.72. The van der Waals surface area contributed by atoms with Crippen LogP contribution in [0.2, 0.25) is 0 Å². The molecule has 154 valence electrons. The zero-order chi connectivity index (χ0) is 21.2. The Bertz CT molecular complexity index is 1340. The van der Waals surface area contributed by atoms with E-state index in [1.165, 1.54) is 0 Å². The summed E-state index contributed by atoms with van der Waals surface area (Å²) in [5, 5.41) is 3.61. The van der Waals surface area contributed by atoms with Crippen molar-refractivity contribution >= 4 is 28.4 Å². The molecule has 1 N–H and O–H groups in total. The molecule has 0 fully saturated rings. The number of hydrogen-bond acceptors (Lipinski definition) is 6. The van der Waals surface area contributed by atoms with Gasteiger partial charge in [0.2, 0.25) is 5.55 Å². The molecule has 1 amide bonds. The number of pyridine rings is 1. The highest BCUT2D eigenvalue weighted by Crippen LogP contribution is 2.33. The number of aromatic nitrogens is 1. The van der Waals surface area contributed by atoms with Gasteiger partial charge < -0.3 is 19.2 Å². The summed E-state index contributed by atoms with van der Waals surface area (Å²) in [6, 6.07) is 18.2. The molecular weight excluding hydrogens is 394 g/mol. The minimum Gasteiger partial charge on any atom is -0.486 e. The van der Waals surface area contributed by atoms with Gasteiger partial charge in [0, 0.05) is 17.6 Å². The zero-order valence-corrected chi connectivity index (χ0v) is 16.8. The van der Waals surface area contributed by atoms with E-state index < -0.39 is 0 Å². The molecule has 0 atom stereocenters. The fraction of sp³-hybridized carbons (Fsp3) is 0.125. The van der Waals surface area contributed by atoms with Crippen molar-refractivity contribution < 1.29 is 18.7 Å². The number of carbonyl (C=O) groups excluding carboxylic acids is 1. The minimum absolute atomic E-state index is 0.194. The summed E-state index contributed by atoms with van der Waals surface area (Å²) >= 11 is 0. The van der Waals surface area contributed by atoms with E-state index in [0.29, 0.717) is 47.4 Å². The van der Waals surface area contributed by atoms with Gasteiger partial charge in [-0.05, 0) is 42.8 Å². The monoisotopic (exact) mass is 413 g/mol. The predicted octanol–water partition coefficient (Wildman–Crippen LogP) is 4.39. The van der Waals surface area contributed by atoms with Crippen molar-refractivity contribution in [3.63, 3.8) is 0 Å². The Morgan fingerprint density at radius 2 is 1.84 bits per heavy atom. The average Bonchev–Trinajstić information content (AvgIpc) is 2.80. The van der Waals surface area contributed by atoms with E-state index >= 15 is 0 Å². The summed E-state index contributed by atoms with van der Waals surface area (Å²) in [6.45, 7) is 2.93. The van der Waals surface area contributed by atoms with Gasteiger partial charge in [-0.15, -0.1) is 0 Å². The Balaban J connectivity index is 1.60. The lowest BCUT2D eigenvalue weighted by molar-refractivity contribution is 0.102. The van der Waals surface area contributed by atoms with Crippen molar-refractivity contribution in [2.24, 2.45) is 4.99 Å². The SMILES string of the molecule is Cc1ccc(NC(=O)c2cc3ccccc3oc2=Nc2ccc3c(c2)OCCO3)nc1. The Morgan fingerprint density at radius 1 is 1.00 bits per heavy atom. The minimum atomic E-state index is -0.359. The van der Waals surface area contributed by atoms with Crippen molar-refractivity contribution in [1.82, 2.24) is 4.98 Å². The molecule has 7 nitrogen and oxygen atoms in total. The van der Waals surface area contributed by atoms with E-state index in [-0.39, 0.29) is 11.5 Å². The number of hydrogen-bond donors (Lipinski definition) is 1. The van der Waals surface area contributed by atoms with Crippen molar-refractivity contribution in [2.45, 2.75) is 6.92 Å². The van der Waals surface area contributed by atoms with E-state index in [1.54, 1.807) is 36.5 Å². The maximum Gasteiger partial charge on any atom is 0.262 e. The first-order valence-electron chi connectivity index (χ1n) is 9.87. The van der Waals surface area contributed by atoms with Crippen LogP contribution in [-0.4, -0.2) is 24.1 Å². The molecule has 0 unspecified atom stereocenters. The molecule has 31 heavy (non-hydrogen) atoms. The molecule has 1 aliphatic heterocycles. The first-order chi connectivity index (χ1) is 15.2. The van der Waals surface area contributed by atoms with Crippen LogP contribution in [0.4, 0.5) is 11.5 Å². The van der Waals surface area contributed by atoms with Crippen LogP contribution in [0, 0.1) is 6.92 Å². The lowest BCUT2D eigenvalue weighted by atomic mass is 10.1. The maximum atomic E-state index is 13.1. The number of nitrogens with one attached hydrogen (secondary N) is 1. The highest BCUT2D eigenvalue weighted by molar-refractivity contribution is 6.04. The van der Waals surface area contributed by atoms with Gasteiger partial charge >= 0.3 is 0 Å². The van der Waals surface area contributed by atoms with E-state index in [1.807, 2.05) is 37.3 Å². The molecule has 0 saturated carbocycles. The molecule has 0 spiro atoms. The second-order valence-corrected chi connectivity index (χ2v) is 7.12. The highest BCUT2D eigenvalue weighted by Gasteiger charge is 2.15. The third kappa shape index (κ3) is 3.98. The number of fused-ring (bicyclic) bond motifs is 2. The predicted molar refractivity (Wildman–Crippen MR) is 116 cm³/mol. The molecule has 2 aromatic heterocycles. The van der Waals surface area contributed by atoms with Gasteiger partial charge in [0.15, 0.2) is 11.5 Å². The lowest BCUT2D eigenvalue weighted by Crippen LogP contribution is -2.22. The largest absolute Gasteiger partial charge is 0.486 e. The lowest BCUT2D eigenvalue weighted by Gasteiger charge is -2.18. The summed E-state index contributed by atoms with van der Waals surface area (Å²) in [4.78, 5) is 21.9. The van der Waals surface area contributed by atoms with Crippen molar-refractivity contribution in [2.75, 3.05) is 18.5 Å². The molecule has 2 aromatic carbocycles. The molecule has 0 radical (unpaired) electrons. The summed E-state index contributed by atoms with van der Waals surface area (Å²) in [7, 11) is 0. The van der Waals surface area contributed by atoms with E-state index in [9.17, 15) is 4.79 Å². The van der Waals surface area contributed by atoms with Gasteiger partial charge in [-0.3, -0.25) is 4.79 Å². The van der Waals surface area contributed by atoms with Gasteiger partial charge in [0.05, 0.1) is 5.69 Å². The maximum absolute atomic E-state index is 13.1. The van der Waals surface area contributed by atoms with Crippen LogP contribution in [0.3, 0.4) is 0 Å². The molecule has 5 rings (SSSR count). The molecule has 1 aliphatic rings. The van der Waals surface area contributed by atoms with Crippen LogP contribution in [0.1, 0.15) is 15.9 Å². The molecule has 0 bridgehead atoms. The van der Waals surface area contributed by atoms with E-state index in [4.69, 9.17) is 13.9 Å². The fourth-order valence-corrected chi connectivity index (χ4v) is 3.26. The second kappa shape index (κ2) is 7.95. The topological polar surface area (TPSA) is 86.0 Å². The van der Waals surface area contributed by atoms with Crippen LogP contribution in [-0.2, 0) is 0 Å². The molecule has 7 heteroatoms. The first kappa shape index (κ1) is 18.9. The van der Waals surface area contributed by atoms with Gasteiger partial charge in [-0.1, -0.05) is 24.3 Å². The molecule has 4 aromatic rings. The van der Waals surface area contributed by atoms with Crippen LogP contribution in [0.25, 0.3) is 11.0 Å². The standard InChI is InChI=1S/C24H19N3O4/c1-15-6-9-22(25-14-15)27-23(28)18-12-16-4-2-3-5-19(16)31-24(18)26-17-7-8-20-21(13-17)30-11-10-29-20/h2-9,12-14H,10-11H2,1H3,(H,25,27,28). The quantitative estimate of drug-likeness (QED) is 0.538. The number of anilines is 1. The number of amides is 1.